The first-order chi connectivity index (χ1) is 14.8. The third-order valence-corrected chi connectivity index (χ3v) is 4.87. The standard InChI is InChI=1S/C21H22N4O6/c1-11-7-14(26)10-18(25-20(28)29)17-8-12(5-6-22-17)15-4-3-13(23-21(30)31-2)9-16(15)24-19(11)27/h3-6,8-9,11,18,25H,7,10H2,1-2H3,(H,23,30)(H,24,27)(H,28,29)/t11-,18+/m1/s1. The number of benzene rings is 1. The van der Waals surface area contributed by atoms with Crippen molar-refractivity contribution < 1.29 is 29.0 Å². The van der Waals surface area contributed by atoms with Gasteiger partial charge < -0.3 is 20.5 Å². The number of hydrogen-bond donors (Lipinski definition) is 4. The molecule has 0 saturated carbocycles. The number of nitrogens with zero attached hydrogens (tertiary/aromatic N) is 1. The maximum atomic E-state index is 12.7. The Bertz CT molecular complexity index is 1040. The fourth-order valence-corrected chi connectivity index (χ4v) is 3.33. The molecule has 0 fully saturated rings. The normalized spacial score (nSPS) is 18.5. The lowest BCUT2D eigenvalue weighted by atomic mass is 9.94. The minimum absolute atomic E-state index is 0.0568. The third kappa shape index (κ3) is 5.35. The summed E-state index contributed by atoms with van der Waals surface area (Å²) in [5.74, 6) is -1.29. The van der Waals surface area contributed by atoms with Crippen LogP contribution in [0.15, 0.2) is 36.5 Å². The van der Waals surface area contributed by atoms with Crippen molar-refractivity contribution in [3.8, 4) is 11.1 Å². The van der Waals surface area contributed by atoms with E-state index in [1.165, 1.54) is 13.3 Å². The van der Waals surface area contributed by atoms with Gasteiger partial charge >= 0.3 is 12.2 Å². The molecule has 0 radical (unpaired) electrons. The Morgan fingerprint density at radius 2 is 1.97 bits per heavy atom. The molecule has 31 heavy (non-hydrogen) atoms. The Morgan fingerprint density at radius 1 is 1.19 bits per heavy atom. The Morgan fingerprint density at radius 3 is 2.68 bits per heavy atom. The van der Waals surface area contributed by atoms with Crippen molar-refractivity contribution in [1.29, 1.82) is 0 Å². The second-order valence-electron chi connectivity index (χ2n) is 7.19. The number of ketones is 1. The summed E-state index contributed by atoms with van der Waals surface area (Å²) in [5, 5.41) is 16.9. The van der Waals surface area contributed by atoms with Gasteiger partial charge in [0.2, 0.25) is 5.91 Å². The van der Waals surface area contributed by atoms with E-state index in [0.29, 0.717) is 28.2 Å². The van der Waals surface area contributed by atoms with E-state index in [2.05, 4.69) is 25.7 Å². The zero-order valence-electron chi connectivity index (χ0n) is 17.0. The minimum atomic E-state index is -1.28. The maximum absolute atomic E-state index is 12.7. The van der Waals surface area contributed by atoms with Crippen LogP contribution in [0.25, 0.3) is 11.1 Å². The monoisotopic (exact) mass is 426 g/mol. The Kier molecular flexibility index (Phi) is 6.49. The van der Waals surface area contributed by atoms with Crippen LogP contribution >= 0.6 is 0 Å². The molecular weight excluding hydrogens is 404 g/mol. The SMILES string of the molecule is COC(=O)Nc1ccc2c(c1)NC(=O)[C@H](C)CC(=O)C[C@H](NC(=O)O)c1cc-2ccn1. The van der Waals surface area contributed by atoms with Gasteiger partial charge in [-0.25, -0.2) is 9.59 Å². The molecule has 1 aliphatic heterocycles. The van der Waals surface area contributed by atoms with E-state index in [1.807, 2.05) is 0 Å². The van der Waals surface area contributed by atoms with Gasteiger partial charge in [0, 0.05) is 36.2 Å². The maximum Gasteiger partial charge on any atom is 0.411 e. The van der Waals surface area contributed by atoms with Crippen molar-refractivity contribution >= 4 is 35.3 Å². The van der Waals surface area contributed by atoms with Gasteiger partial charge in [-0.1, -0.05) is 13.0 Å². The summed E-state index contributed by atoms with van der Waals surface area (Å²) in [6.45, 7) is 1.62. The van der Waals surface area contributed by atoms with Crippen LogP contribution in [-0.4, -0.2) is 41.1 Å². The number of aromatic nitrogens is 1. The first kappa shape index (κ1) is 21.8. The number of ether oxygens (including phenoxy) is 1. The summed E-state index contributed by atoms with van der Waals surface area (Å²) in [7, 11) is 1.24. The van der Waals surface area contributed by atoms with Crippen molar-refractivity contribution in [1.82, 2.24) is 10.3 Å². The number of Topliss-reactive ketones (excluding diaryl/α,β-unsaturated/α-hetero) is 1. The van der Waals surface area contributed by atoms with E-state index in [1.54, 1.807) is 37.3 Å². The number of carbonyl (C=O) groups excluding carboxylic acids is 3. The van der Waals surface area contributed by atoms with Gasteiger partial charge in [0.1, 0.15) is 5.78 Å². The molecule has 0 spiro atoms. The Hall–Kier alpha value is -3.95. The summed E-state index contributed by atoms with van der Waals surface area (Å²) in [6.07, 6.45) is -0.603. The number of nitrogens with one attached hydrogen (secondary N) is 3. The summed E-state index contributed by atoms with van der Waals surface area (Å²) in [6, 6.07) is 7.46. The molecule has 2 aromatic rings. The lowest BCUT2D eigenvalue weighted by Gasteiger charge is -2.21. The molecule has 10 heteroatoms. The van der Waals surface area contributed by atoms with Crippen molar-refractivity contribution in [3.05, 3.63) is 42.2 Å². The van der Waals surface area contributed by atoms with E-state index >= 15 is 0 Å². The van der Waals surface area contributed by atoms with Crippen LogP contribution in [-0.2, 0) is 14.3 Å². The molecule has 3 amide bonds. The van der Waals surface area contributed by atoms with Gasteiger partial charge in [0.15, 0.2) is 0 Å². The van der Waals surface area contributed by atoms with Crippen LogP contribution < -0.4 is 16.0 Å². The molecular formula is C21H22N4O6. The molecule has 1 aliphatic rings. The lowest BCUT2D eigenvalue weighted by molar-refractivity contribution is -0.126. The van der Waals surface area contributed by atoms with Crippen LogP contribution in [0.4, 0.5) is 21.0 Å². The number of methoxy groups -OCH3 is 1. The van der Waals surface area contributed by atoms with Crippen LogP contribution in [0.2, 0.25) is 0 Å². The predicted octanol–water partition coefficient (Wildman–Crippen LogP) is 3.17. The molecule has 2 atom stereocenters. The van der Waals surface area contributed by atoms with Crippen LogP contribution in [0.1, 0.15) is 31.5 Å². The van der Waals surface area contributed by atoms with Gasteiger partial charge in [-0.15, -0.1) is 0 Å². The van der Waals surface area contributed by atoms with Crippen molar-refractivity contribution in [2.24, 2.45) is 5.92 Å². The van der Waals surface area contributed by atoms with Gasteiger partial charge in [-0.2, -0.15) is 0 Å². The fraction of sp³-hybridized carbons (Fsp3) is 0.286. The topological polar surface area (TPSA) is 147 Å². The Balaban J connectivity index is 2.11. The number of anilines is 2. The summed E-state index contributed by atoms with van der Waals surface area (Å²) in [4.78, 5) is 52.3. The van der Waals surface area contributed by atoms with Crippen molar-refractivity contribution in [3.63, 3.8) is 0 Å². The second-order valence-corrected chi connectivity index (χ2v) is 7.19. The highest BCUT2D eigenvalue weighted by atomic mass is 16.5. The number of hydrogen-bond acceptors (Lipinski definition) is 6. The van der Waals surface area contributed by atoms with Gasteiger partial charge in [0.25, 0.3) is 0 Å². The molecule has 162 valence electrons. The molecule has 10 nitrogen and oxygen atoms in total. The van der Waals surface area contributed by atoms with E-state index in [4.69, 9.17) is 0 Å². The largest absolute Gasteiger partial charge is 0.465 e. The molecule has 2 bridgehead atoms. The van der Waals surface area contributed by atoms with E-state index in [0.717, 1.165) is 0 Å². The average molecular weight is 426 g/mol. The number of carbonyl (C=O) groups is 4. The molecule has 4 N–H and O–H groups in total. The van der Waals surface area contributed by atoms with Crippen LogP contribution in [0.5, 0.6) is 0 Å². The third-order valence-electron chi connectivity index (χ3n) is 4.87. The quantitative estimate of drug-likeness (QED) is 0.577. The van der Waals surface area contributed by atoms with Crippen molar-refractivity contribution in [2.75, 3.05) is 17.7 Å². The molecule has 2 heterocycles. The summed E-state index contributed by atoms with van der Waals surface area (Å²) in [5.41, 5.74) is 2.50. The van der Waals surface area contributed by atoms with Gasteiger partial charge in [-0.05, 0) is 29.8 Å². The first-order valence-corrected chi connectivity index (χ1v) is 9.54. The van der Waals surface area contributed by atoms with Crippen molar-refractivity contribution in [2.45, 2.75) is 25.8 Å². The predicted molar refractivity (Wildman–Crippen MR) is 112 cm³/mol. The molecule has 0 saturated heterocycles. The van der Waals surface area contributed by atoms with E-state index in [9.17, 15) is 24.3 Å². The number of fused-ring (bicyclic) bond motifs is 4. The number of pyridine rings is 1. The van der Waals surface area contributed by atoms with Crippen LogP contribution in [0, 0.1) is 5.92 Å². The average Bonchev–Trinajstić information content (AvgIpc) is 2.72. The highest BCUT2D eigenvalue weighted by Crippen LogP contribution is 2.33. The number of rotatable bonds is 2. The van der Waals surface area contributed by atoms with E-state index < -0.39 is 24.1 Å². The summed E-state index contributed by atoms with van der Waals surface area (Å²) >= 11 is 0. The molecule has 0 aliphatic carbocycles. The lowest BCUT2D eigenvalue weighted by Crippen LogP contribution is -2.31. The molecule has 0 unspecified atom stereocenters. The Labute approximate surface area is 178 Å². The zero-order chi connectivity index (χ0) is 22.5. The van der Waals surface area contributed by atoms with Crippen LogP contribution in [0.3, 0.4) is 0 Å². The van der Waals surface area contributed by atoms with Gasteiger partial charge in [0.05, 0.1) is 24.5 Å². The minimum Gasteiger partial charge on any atom is -0.465 e. The van der Waals surface area contributed by atoms with E-state index in [-0.39, 0.29) is 24.5 Å². The summed E-state index contributed by atoms with van der Waals surface area (Å²) < 4.78 is 4.60. The molecule has 1 aromatic heterocycles. The first-order valence-electron chi connectivity index (χ1n) is 9.54. The highest BCUT2D eigenvalue weighted by Gasteiger charge is 2.25. The fourth-order valence-electron chi connectivity index (χ4n) is 3.33. The number of carboxylic acid groups (broad SMARTS) is 1. The second kappa shape index (κ2) is 9.24. The smallest absolute Gasteiger partial charge is 0.411 e. The number of amides is 3. The zero-order valence-corrected chi connectivity index (χ0v) is 17.0. The molecule has 3 rings (SSSR count). The molecule has 1 aromatic carbocycles. The van der Waals surface area contributed by atoms with Gasteiger partial charge in [-0.3, -0.25) is 19.9 Å². The highest BCUT2D eigenvalue weighted by molar-refractivity contribution is 6.00.